The van der Waals surface area contributed by atoms with Gasteiger partial charge < -0.3 is 9.47 Å². The van der Waals surface area contributed by atoms with Crippen molar-refractivity contribution in [2.75, 3.05) is 0 Å². The van der Waals surface area contributed by atoms with E-state index in [9.17, 15) is 0 Å². The lowest BCUT2D eigenvalue weighted by molar-refractivity contribution is -0.269. The van der Waals surface area contributed by atoms with Gasteiger partial charge in [0.2, 0.25) is 0 Å². The Hall–Kier alpha value is -0.340. The molecular weight excluding hydrogens is 332 g/mol. The van der Waals surface area contributed by atoms with E-state index in [1.54, 1.807) is 0 Å². The van der Waals surface area contributed by atoms with Gasteiger partial charge in [-0.05, 0) is 70.6 Å². The molecule has 0 N–H and O–H groups in total. The summed E-state index contributed by atoms with van der Waals surface area (Å²) in [4.78, 5) is 0. The molecule has 2 heteroatoms. The first-order chi connectivity index (χ1) is 12.8. The number of fused-ring (bicyclic) bond motifs is 1. The van der Waals surface area contributed by atoms with Gasteiger partial charge in [0, 0.05) is 18.3 Å². The summed E-state index contributed by atoms with van der Waals surface area (Å²) < 4.78 is 14.1. The molecule has 154 valence electrons. The lowest BCUT2D eigenvalue weighted by Gasteiger charge is -2.57. The van der Waals surface area contributed by atoms with Gasteiger partial charge in [-0.25, -0.2) is 0 Å². The van der Waals surface area contributed by atoms with E-state index >= 15 is 0 Å². The Labute approximate surface area is 167 Å². The second kappa shape index (κ2) is 7.48. The maximum absolute atomic E-state index is 7.21. The molecule has 0 unspecified atom stereocenters. The Morgan fingerprint density at radius 3 is 2.37 bits per heavy atom. The quantitative estimate of drug-likeness (QED) is 0.513. The van der Waals surface area contributed by atoms with Gasteiger partial charge in [-0.2, -0.15) is 0 Å². The fourth-order valence-corrected chi connectivity index (χ4v) is 7.10. The fraction of sp³-hybridized carbons (Fsp3) is 0.920. The minimum atomic E-state index is -0.0250. The van der Waals surface area contributed by atoms with Gasteiger partial charge in [-0.15, -0.1) is 0 Å². The molecule has 0 aromatic carbocycles. The molecule has 2 nitrogen and oxygen atoms in total. The van der Waals surface area contributed by atoms with Crippen molar-refractivity contribution < 1.29 is 9.47 Å². The van der Waals surface area contributed by atoms with Crippen LogP contribution in [0.2, 0.25) is 0 Å². The monoisotopic (exact) mass is 374 g/mol. The van der Waals surface area contributed by atoms with Gasteiger partial charge in [-0.3, -0.25) is 0 Å². The first-order valence-corrected chi connectivity index (χ1v) is 11.8. The van der Waals surface area contributed by atoms with Crippen molar-refractivity contribution >= 4 is 0 Å². The highest BCUT2D eigenvalue weighted by Gasteiger charge is 2.56. The predicted molar refractivity (Wildman–Crippen MR) is 112 cm³/mol. The van der Waals surface area contributed by atoms with E-state index in [-0.39, 0.29) is 11.2 Å². The zero-order chi connectivity index (χ0) is 19.2. The van der Waals surface area contributed by atoms with Crippen molar-refractivity contribution in [1.29, 1.82) is 0 Å². The van der Waals surface area contributed by atoms with Crippen LogP contribution in [0.25, 0.3) is 0 Å². The third kappa shape index (κ3) is 3.90. The van der Waals surface area contributed by atoms with Crippen molar-refractivity contribution in [3.8, 4) is 0 Å². The van der Waals surface area contributed by atoms with E-state index in [1.807, 2.05) is 0 Å². The Morgan fingerprint density at radius 1 is 1.00 bits per heavy atom. The Bertz CT molecular complexity index is 549. The van der Waals surface area contributed by atoms with E-state index in [1.165, 1.54) is 69.8 Å². The van der Waals surface area contributed by atoms with Crippen LogP contribution < -0.4 is 0 Å². The van der Waals surface area contributed by atoms with Gasteiger partial charge >= 0.3 is 0 Å². The molecule has 3 aliphatic carbocycles. The van der Waals surface area contributed by atoms with Crippen LogP contribution in [-0.4, -0.2) is 23.4 Å². The highest BCUT2D eigenvalue weighted by Crippen LogP contribution is 2.54. The maximum Gasteiger partial charge on any atom is 0.0738 e. The van der Waals surface area contributed by atoms with E-state index in [0.717, 1.165) is 18.3 Å². The standard InChI is InChI=1S/C25H42O2/c1-17(2)20-10-8-18(3)14-22(20)26-24(5)16-25(12-6-7-13-25)27-23-15-19(4)9-11-21(23)24/h18-23H,1,6-16H2,2-5H3/t18-,19-,20+,21-,22-,23-,24-/m1/s1. The zero-order valence-electron chi connectivity index (χ0n) is 18.3. The number of hydrogen-bond acceptors (Lipinski definition) is 2. The van der Waals surface area contributed by atoms with E-state index < -0.39 is 0 Å². The van der Waals surface area contributed by atoms with E-state index in [4.69, 9.17) is 9.47 Å². The van der Waals surface area contributed by atoms with Crippen molar-refractivity contribution in [3.63, 3.8) is 0 Å². The highest BCUT2D eigenvalue weighted by atomic mass is 16.5. The van der Waals surface area contributed by atoms with Crippen LogP contribution in [0.4, 0.5) is 0 Å². The first-order valence-electron chi connectivity index (χ1n) is 11.8. The smallest absolute Gasteiger partial charge is 0.0738 e. The van der Waals surface area contributed by atoms with Crippen LogP contribution in [0.3, 0.4) is 0 Å². The molecule has 4 fully saturated rings. The molecule has 1 spiro atoms. The topological polar surface area (TPSA) is 18.5 Å². The Kier molecular flexibility index (Phi) is 5.53. The van der Waals surface area contributed by atoms with Crippen LogP contribution in [-0.2, 0) is 9.47 Å². The molecule has 4 rings (SSSR count). The van der Waals surface area contributed by atoms with E-state index in [2.05, 4.69) is 34.3 Å². The Morgan fingerprint density at radius 2 is 1.67 bits per heavy atom. The van der Waals surface area contributed by atoms with E-state index in [0.29, 0.717) is 24.0 Å². The molecule has 0 aromatic rings. The second-order valence-corrected chi connectivity index (χ2v) is 11.1. The molecule has 1 aliphatic heterocycles. The summed E-state index contributed by atoms with van der Waals surface area (Å²) in [6.45, 7) is 13.8. The summed E-state index contributed by atoms with van der Waals surface area (Å²) in [5, 5.41) is 0. The molecule has 0 aromatic heterocycles. The molecule has 1 saturated heterocycles. The largest absolute Gasteiger partial charge is 0.371 e. The summed E-state index contributed by atoms with van der Waals surface area (Å²) in [7, 11) is 0. The fourth-order valence-electron chi connectivity index (χ4n) is 7.10. The summed E-state index contributed by atoms with van der Waals surface area (Å²) in [6, 6.07) is 0. The second-order valence-electron chi connectivity index (χ2n) is 11.1. The van der Waals surface area contributed by atoms with Gasteiger partial charge in [0.05, 0.1) is 23.4 Å². The first kappa shape index (κ1) is 20.0. The molecule has 27 heavy (non-hydrogen) atoms. The van der Waals surface area contributed by atoms with Crippen LogP contribution in [0.1, 0.15) is 98.3 Å². The van der Waals surface area contributed by atoms with Crippen molar-refractivity contribution in [2.24, 2.45) is 23.7 Å². The van der Waals surface area contributed by atoms with Crippen LogP contribution in [0, 0.1) is 23.7 Å². The maximum atomic E-state index is 7.21. The lowest BCUT2D eigenvalue weighted by atomic mass is 9.65. The molecule has 0 amide bonds. The van der Waals surface area contributed by atoms with Gasteiger partial charge in [-0.1, -0.05) is 45.3 Å². The van der Waals surface area contributed by atoms with Crippen molar-refractivity contribution in [1.82, 2.24) is 0 Å². The Balaban J connectivity index is 1.60. The average Bonchev–Trinajstić information content (AvgIpc) is 3.01. The summed E-state index contributed by atoms with van der Waals surface area (Å²) in [6.07, 6.45) is 14.7. The SMILES string of the molecule is C=C(C)[C@@H]1CC[C@@H](C)C[C@H]1O[C@]1(C)CC2(CCCC2)O[C@@H]2C[C@H](C)CC[C@H]21. The third-order valence-corrected chi connectivity index (χ3v) is 8.54. The number of hydrogen-bond donors (Lipinski definition) is 0. The van der Waals surface area contributed by atoms with Crippen LogP contribution in [0.5, 0.6) is 0 Å². The lowest BCUT2D eigenvalue weighted by Crippen LogP contribution is -2.60. The van der Waals surface area contributed by atoms with Crippen LogP contribution >= 0.6 is 0 Å². The summed E-state index contributed by atoms with van der Waals surface area (Å²) >= 11 is 0. The third-order valence-electron chi connectivity index (χ3n) is 8.54. The summed E-state index contributed by atoms with van der Waals surface area (Å²) in [5.74, 6) is 2.69. The molecular formula is C25H42O2. The molecule has 1 heterocycles. The highest BCUT2D eigenvalue weighted by molar-refractivity contribution is 5.08. The van der Waals surface area contributed by atoms with Gasteiger partial charge in [0.1, 0.15) is 0 Å². The van der Waals surface area contributed by atoms with Crippen LogP contribution in [0.15, 0.2) is 12.2 Å². The van der Waals surface area contributed by atoms with Gasteiger partial charge in [0.15, 0.2) is 0 Å². The predicted octanol–water partition coefficient (Wildman–Crippen LogP) is 6.68. The molecule has 0 radical (unpaired) electrons. The average molecular weight is 375 g/mol. The normalized spacial score (nSPS) is 47.0. The van der Waals surface area contributed by atoms with Gasteiger partial charge in [0.25, 0.3) is 0 Å². The molecule has 4 aliphatic rings. The van der Waals surface area contributed by atoms with Crippen molar-refractivity contribution in [2.45, 2.75) is 122 Å². The minimum Gasteiger partial charge on any atom is -0.371 e. The van der Waals surface area contributed by atoms with Crippen molar-refractivity contribution in [3.05, 3.63) is 12.2 Å². The minimum absolute atomic E-state index is 0.0250. The molecule has 0 bridgehead atoms. The zero-order valence-corrected chi connectivity index (χ0v) is 18.3. The molecule has 7 atom stereocenters. The number of rotatable bonds is 3. The molecule has 3 saturated carbocycles. The summed E-state index contributed by atoms with van der Waals surface area (Å²) in [5.41, 5.74) is 1.40. The number of ether oxygens (including phenoxy) is 2.